The summed E-state index contributed by atoms with van der Waals surface area (Å²) in [7, 11) is 0. The van der Waals surface area contributed by atoms with Gasteiger partial charge in [-0.1, -0.05) is 78.5 Å². The lowest BCUT2D eigenvalue weighted by molar-refractivity contribution is -0.113. The Morgan fingerprint density at radius 1 is 0.923 bits per heavy atom. The summed E-state index contributed by atoms with van der Waals surface area (Å²) in [6.45, 7) is 0.411. The maximum Gasteiger partial charge on any atom is 0.282 e. The molecule has 192 valence electrons. The van der Waals surface area contributed by atoms with Crippen LogP contribution in [0.4, 0.5) is 5.13 Å². The second-order valence-corrected chi connectivity index (χ2v) is 10.6. The zero-order valence-electron chi connectivity index (χ0n) is 20.7. The lowest BCUT2D eigenvalue weighted by Gasteiger charge is -2.12. The molecule has 0 unspecified atom stereocenters. The number of fused-ring (bicyclic) bond motifs is 2. The molecule has 1 N–H and O–H groups in total. The summed E-state index contributed by atoms with van der Waals surface area (Å²) in [6, 6.07) is 24.3. The molecule has 1 amide bonds. The molecule has 0 aliphatic carbocycles. The Kier molecular flexibility index (Phi) is 7.11. The Hall–Kier alpha value is -4.41. The maximum atomic E-state index is 13.2. The maximum absolute atomic E-state index is 13.2. The third-order valence-corrected chi connectivity index (χ3v) is 7.89. The number of thiazole rings is 1. The van der Waals surface area contributed by atoms with E-state index >= 15 is 0 Å². The average Bonchev–Trinajstić information content (AvgIpc) is 3.44. The summed E-state index contributed by atoms with van der Waals surface area (Å²) < 4.78 is 1.57. The molecule has 0 radical (unpaired) electrons. The van der Waals surface area contributed by atoms with E-state index in [-0.39, 0.29) is 28.4 Å². The molecule has 0 bridgehead atoms. The van der Waals surface area contributed by atoms with Gasteiger partial charge in [-0.3, -0.25) is 14.2 Å². The molecule has 0 aliphatic heterocycles. The van der Waals surface area contributed by atoms with Gasteiger partial charge in [0.2, 0.25) is 5.91 Å². The Labute approximate surface area is 231 Å². The quantitative estimate of drug-likeness (QED) is 0.199. The molecule has 3 aromatic heterocycles. The summed E-state index contributed by atoms with van der Waals surface area (Å²) in [4.78, 5) is 43.6. The SMILES string of the molecule is O=C(CSc1nc2nccnc2c(=O)n1CCc1ccccc1)Nc1nc(-c2ccc3ccccc3c2)cs1. The van der Waals surface area contributed by atoms with Gasteiger partial charge in [0, 0.05) is 29.9 Å². The van der Waals surface area contributed by atoms with Crippen molar-refractivity contribution in [2.24, 2.45) is 0 Å². The normalized spacial score (nSPS) is 11.2. The Morgan fingerprint density at radius 3 is 2.59 bits per heavy atom. The van der Waals surface area contributed by atoms with Crippen LogP contribution in [0.1, 0.15) is 5.56 Å². The first-order valence-electron chi connectivity index (χ1n) is 12.3. The lowest BCUT2D eigenvalue weighted by Crippen LogP contribution is -2.26. The predicted molar refractivity (Wildman–Crippen MR) is 156 cm³/mol. The van der Waals surface area contributed by atoms with Gasteiger partial charge in [0.25, 0.3) is 5.56 Å². The molecule has 0 aliphatic rings. The third-order valence-electron chi connectivity index (χ3n) is 6.15. The predicted octanol–water partition coefficient (Wildman–Crippen LogP) is 5.44. The number of hydrogen-bond acceptors (Lipinski definition) is 8. The largest absolute Gasteiger partial charge is 0.301 e. The molecule has 0 fully saturated rings. The number of aromatic nitrogens is 5. The molecular weight excluding hydrogens is 528 g/mol. The number of carbonyl (C=O) groups excluding carboxylic acids is 1. The number of carbonyl (C=O) groups is 1. The fourth-order valence-electron chi connectivity index (χ4n) is 4.22. The van der Waals surface area contributed by atoms with Crippen LogP contribution in [0.2, 0.25) is 0 Å². The van der Waals surface area contributed by atoms with Gasteiger partial charge in [0.15, 0.2) is 21.5 Å². The minimum atomic E-state index is -0.271. The van der Waals surface area contributed by atoms with Crippen molar-refractivity contribution >= 4 is 56.1 Å². The van der Waals surface area contributed by atoms with E-state index in [9.17, 15) is 9.59 Å². The summed E-state index contributed by atoms with van der Waals surface area (Å²) in [5, 5.41) is 8.04. The summed E-state index contributed by atoms with van der Waals surface area (Å²) >= 11 is 2.56. The molecule has 3 aromatic carbocycles. The van der Waals surface area contributed by atoms with E-state index in [1.54, 1.807) is 4.57 Å². The van der Waals surface area contributed by atoms with E-state index in [2.05, 4.69) is 49.5 Å². The Balaban J connectivity index is 1.17. The van der Waals surface area contributed by atoms with Crippen LogP contribution >= 0.6 is 23.1 Å². The number of nitrogens with zero attached hydrogens (tertiary/aromatic N) is 5. The number of anilines is 1. The van der Waals surface area contributed by atoms with Crippen molar-refractivity contribution in [3.8, 4) is 11.3 Å². The first-order chi connectivity index (χ1) is 19.1. The van der Waals surface area contributed by atoms with Crippen LogP contribution in [0.5, 0.6) is 0 Å². The highest BCUT2D eigenvalue weighted by Crippen LogP contribution is 2.28. The third kappa shape index (κ3) is 5.57. The molecular formula is C29H22N6O2S2. The zero-order valence-corrected chi connectivity index (χ0v) is 22.3. The van der Waals surface area contributed by atoms with Crippen molar-refractivity contribution < 1.29 is 4.79 Å². The highest BCUT2D eigenvalue weighted by Gasteiger charge is 2.16. The molecule has 10 heteroatoms. The van der Waals surface area contributed by atoms with E-state index in [4.69, 9.17) is 0 Å². The highest BCUT2D eigenvalue weighted by molar-refractivity contribution is 7.99. The number of amides is 1. The molecule has 8 nitrogen and oxygen atoms in total. The standard InChI is InChI=1S/C29H22N6O2S2/c36-24(33-28-32-23(17-38-28)22-11-10-20-8-4-5-9-21(20)16-22)18-39-29-34-26-25(30-13-14-31-26)27(37)35(29)15-12-19-6-2-1-3-7-19/h1-11,13-14,16-17H,12,15,18H2,(H,32,33,36). The second kappa shape index (κ2) is 11.1. The molecule has 6 aromatic rings. The molecule has 0 atom stereocenters. The van der Waals surface area contributed by atoms with Crippen LogP contribution < -0.4 is 10.9 Å². The fourth-order valence-corrected chi connectivity index (χ4v) is 5.77. The molecule has 3 heterocycles. The van der Waals surface area contributed by atoms with Crippen LogP contribution in [0.25, 0.3) is 33.2 Å². The van der Waals surface area contributed by atoms with E-state index in [0.29, 0.717) is 23.3 Å². The highest BCUT2D eigenvalue weighted by atomic mass is 32.2. The first-order valence-corrected chi connectivity index (χ1v) is 14.1. The van der Waals surface area contributed by atoms with Gasteiger partial charge in [-0.25, -0.2) is 19.9 Å². The van der Waals surface area contributed by atoms with Crippen molar-refractivity contribution in [2.75, 3.05) is 11.1 Å². The number of rotatable bonds is 8. The van der Waals surface area contributed by atoms with Crippen LogP contribution in [0.15, 0.2) is 101 Å². The smallest absolute Gasteiger partial charge is 0.282 e. The fraction of sp³-hybridized carbons (Fsp3) is 0.103. The number of thioether (sulfide) groups is 1. The minimum Gasteiger partial charge on any atom is -0.301 e. The van der Waals surface area contributed by atoms with Gasteiger partial charge < -0.3 is 5.32 Å². The number of benzene rings is 3. The van der Waals surface area contributed by atoms with Gasteiger partial charge in [-0.15, -0.1) is 11.3 Å². The van der Waals surface area contributed by atoms with Gasteiger partial charge in [0.1, 0.15) is 0 Å². The van der Waals surface area contributed by atoms with Crippen LogP contribution in [0.3, 0.4) is 0 Å². The van der Waals surface area contributed by atoms with Crippen LogP contribution in [-0.4, -0.2) is 36.2 Å². The van der Waals surface area contributed by atoms with E-state index in [1.165, 1.54) is 35.5 Å². The minimum absolute atomic E-state index is 0.0639. The summed E-state index contributed by atoms with van der Waals surface area (Å²) in [5.41, 5.74) is 3.10. The van der Waals surface area contributed by atoms with E-state index in [0.717, 1.165) is 27.6 Å². The number of aryl methyl sites for hydroxylation is 1. The molecule has 39 heavy (non-hydrogen) atoms. The molecule has 0 spiro atoms. The first kappa shape index (κ1) is 24.9. The number of hydrogen-bond donors (Lipinski definition) is 1. The molecule has 0 saturated carbocycles. The van der Waals surface area contributed by atoms with E-state index in [1.807, 2.05) is 53.9 Å². The van der Waals surface area contributed by atoms with E-state index < -0.39 is 0 Å². The average molecular weight is 551 g/mol. The Morgan fingerprint density at radius 2 is 1.72 bits per heavy atom. The van der Waals surface area contributed by atoms with Crippen LogP contribution in [-0.2, 0) is 17.8 Å². The Bertz CT molecular complexity index is 1850. The monoisotopic (exact) mass is 550 g/mol. The number of nitrogens with one attached hydrogen (secondary N) is 1. The van der Waals surface area contributed by atoms with Gasteiger partial charge in [-0.2, -0.15) is 0 Å². The summed E-state index contributed by atoms with van der Waals surface area (Å²) in [6.07, 6.45) is 3.62. The van der Waals surface area contributed by atoms with Crippen LogP contribution in [0, 0.1) is 0 Å². The topological polar surface area (TPSA) is 103 Å². The van der Waals surface area contributed by atoms with Crippen molar-refractivity contribution in [3.05, 3.63) is 106 Å². The molecule has 0 saturated heterocycles. The zero-order chi connectivity index (χ0) is 26.6. The van der Waals surface area contributed by atoms with Crippen molar-refractivity contribution in [1.29, 1.82) is 0 Å². The van der Waals surface area contributed by atoms with Gasteiger partial charge in [0.05, 0.1) is 11.4 Å². The lowest BCUT2D eigenvalue weighted by atomic mass is 10.1. The second-order valence-electron chi connectivity index (χ2n) is 8.75. The van der Waals surface area contributed by atoms with Crippen molar-refractivity contribution in [2.45, 2.75) is 18.1 Å². The van der Waals surface area contributed by atoms with Gasteiger partial charge in [-0.05, 0) is 28.8 Å². The molecule has 6 rings (SSSR count). The van der Waals surface area contributed by atoms with Crippen molar-refractivity contribution in [3.63, 3.8) is 0 Å². The summed E-state index contributed by atoms with van der Waals surface area (Å²) in [5.74, 6) is -0.170. The van der Waals surface area contributed by atoms with Gasteiger partial charge >= 0.3 is 0 Å². The van der Waals surface area contributed by atoms with Crippen molar-refractivity contribution in [1.82, 2.24) is 24.5 Å².